The summed E-state index contributed by atoms with van der Waals surface area (Å²) in [5.74, 6) is 1.23. The molecule has 2 aromatic rings. The molecule has 0 fully saturated rings. The highest BCUT2D eigenvalue weighted by Crippen LogP contribution is 2.26. The van der Waals surface area contributed by atoms with Gasteiger partial charge in [0.2, 0.25) is 0 Å². The van der Waals surface area contributed by atoms with Crippen LogP contribution in [0.5, 0.6) is 0 Å². The van der Waals surface area contributed by atoms with Crippen molar-refractivity contribution in [1.82, 2.24) is 14.3 Å². The van der Waals surface area contributed by atoms with E-state index in [1.807, 2.05) is 0 Å². The van der Waals surface area contributed by atoms with Gasteiger partial charge in [-0.15, -0.1) is 0 Å². The molecule has 0 amide bonds. The molecule has 0 radical (unpaired) electrons. The number of aryl methyl sites for hydroxylation is 3. The van der Waals surface area contributed by atoms with Gasteiger partial charge in [0.25, 0.3) is 10.0 Å². The van der Waals surface area contributed by atoms with E-state index in [0.29, 0.717) is 17.1 Å². The van der Waals surface area contributed by atoms with Crippen LogP contribution in [0.3, 0.4) is 0 Å². The first-order valence-corrected chi connectivity index (χ1v) is 7.88. The molecule has 0 bridgehead atoms. The van der Waals surface area contributed by atoms with Gasteiger partial charge in [-0.3, -0.25) is 0 Å². The highest BCUT2D eigenvalue weighted by Gasteiger charge is 2.30. The Morgan fingerprint density at radius 2 is 2.14 bits per heavy atom. The van der Waals surface area contributed by atoms with Crippen molar-refractivity contribution in [3.05, 3.63) is 35.7 Å². The number of aromatic nitrogens is 2. The first-order chi connectivity index (χ1) is 9.62. The smallest absolute Gasteiger partial charge is 0.259 e. The van der Waals surface area contributed by atoms with E-state index in [0.717, 1.165) is 0 Å². The van der Waals surface area contributed by atoms with Crippen molar-refractivity contribution in [3.8, 4) is 0 Å². The van der Waals surface area contributed by atoms with Crippen LogP contribution in [-0.4, -0.2) is 29.6 Å². The Balaban J connectivity index is 2.16. The lowest BCUT2D eigenvalue weighted by atomic mass is 9.97. The summed E-state index contributed by atoms with van der Waals surface area (Å²) in [6.45, 7) is 4.85. The lowest BCUT2D eigenvalue weighted by Gasteiger charge is -2.22. The first kappa shape index (κ1) is 15.7. The largest absolute Gasteiger partial charge is 0.466 e. The van der Waals surface area contributed by atoms with Gasteiger partial charge in [-0.05, 0) is 26.8 Å². The molecule has 7 nitrogen and oxygen atoms in total. The Bertz CT molecular complexity index is 743. The highest BCUT2D eigenvalue weighted by atomic mass is 32.2. The molecule has 116 valence electrons. The second kappa shape index (κ2) is 5.28. The van der Waals surface area contributed by atoms with Gasteiger partial charge in [-0.25, -0.2) is 18.1 Å². The van der Waals surface area contributed by atoms with Crippen molar-refractivity contribution >= 4 is 10.0 Å². The lowest BCUT2D eigenvalue weighted by molar-refractivity contribution is 0.0612. The van der Waals surface area contributed by atoms with Crippen molar-refractivity contribution in [2.24, 2.45) is 7.05 Å². The van der Waals surface area contributed by atoms with Crippen LogP contribution in [0.1, 0.15) is 24.0 Å². The summed E-state index contributed by atoms with van der Waals surface area (Å²) >= 11 is 0. The van der Waals surface area contributed by atoms with Gasteiger partial charge in [-0.1, -0.05) is 0 Å². The topological polar surface area (TPSA) is 97.4 Å². The zero-order chi connectivity index (χ0) is 15.8. The van der Waals surface area contributed by atoms with Crippen LogP contribution < -0.4 is 4.72 Å². The first-order valence-electron chi connectivity index (χ1n) is 6.39. The molecule has 2 heterocycles. The van der Waals surface area contributed by atoms with Crippen LogP contribution in [0.25, 0.3) is 0 Å². The molecule has 1 unspecified atom stereocenters. The zero-order valence-corrected chi connectivity index (χ0v) is 13.2. The number of nitrogens with one attached hydrogen (secondary N) is 1. The normalized spacial score (nSPS) is 15.1. The molecule has 0 aliphatic carbocycles. The maximum Gasteiger partial charge on any atom is 0.259 e. The van der Waals surface area contributed by atoms with Gasteiger partial charge < -0.3 is 14.1 Å². The number of nitrogens with zero attached hydrogens (tertiary/aromatic N) is 2. The SMILES string of the molecule is Cc1cc(C(C)(O)CNS(=O)(=O)c2cn(C)cn2)c(C)o1. The maximum atomic E-state index is 12.1. The van der Waals surface area contributed by atoms with Crippen LogP contribution in [0, 0.1) is 13.8 Å². The van der Waals surface area contributed by atoms with Crippen LogP contribution in [0.4, 0.5) is 0 Å². The van der Waals surface area contributed by atoms with E-state index in [4.69, 9.17) is 4.42 Å². The molecule has 0 spiro atoms. The minimum Gasteiger partial charge on any atom is -0.466 e. The van der Waals surface area contributed by atoms with Crippen molar-refractivity contribution < 1.29 is 17.9 Å². The van der Waals surface area contributed by atoms with Gasteiger partial charge in [0.05, 0.1) is 6.33 Å². The number of sulfonamides is 1. The highest BCUT2D eigenvalue weighted by molar-refractivity contribution is 7.89. The van der Waals surface area contributed by atoms with E-state index >= 15 is 0 Å². The maximum absolute atomic E-state index is 12.1. The van der Waals surface area contributed by atoms with Gasteiger partial charge in [0.15, 0.2) is 5.03 Å². The second-order valence-corrected chi connectivity index (χ2v) is 7.02. The van der Waals surface area contributed by atoms with E-state index < -0.39 is 15.6 Å². The van der Waals surface area contributed by atoms with Crippen molar-refractivity contribution in [2.75, 3.05) is 6.54 Å². The van der Waals surface area contributed by atoms with Crippen LogP contribution in [0.2, 0.25) is 0 Å². The third-order valence-electron chi connectivity index (χ3n) is 3.18. The van der Waals surface area contributed by atoms with Crippen LogP contribution in [-0.2, 0) is 22.7 Å². The number of aliphatic hydroxyl groups is 1. The average Bonchev–Trinajstić information content (AvgIpc) is 2.94. The molecule has 0 saturated carbocycles. The van der Waals surface area contributed by atoms with Gasteiger partial charge in [0, 0.05) is 25.4 Å². The quantitative estimate of drug-likeness (QED) is 0.851. The van der Waals surface area contributed by atoms with E-state index in [1.165, 1.54) is 24.0 Å². The van der Waals surface area contributed by atoms with Gasteiger partial charge >= 0.3 is 0 Å². The molecular formula is C13H19N3O4S. The molecule has 21 heavy (non-hydrogen) atoms. The number of furan rings is 1. The Morgan fingerprint density at radius 3 is 2.62 bits per heavy atom. The van der Waals surface area contributed by atoms with Crippen LogP contribution in [0.15, 0.2) is 28.0 Å². The summed E-state index contributed by atoms with van der Waals surface area (Å²) in [4.78, 5) is 3.79. The zero-order valence-electron chi connectivity index (χ0n) is 12.4. The van der Waals surface area contributed by atoms with E-state index in [1.54, 1.807) is 27.0 Å². The number of hydrogen-bond acceptors (Lipinski definition) is 5. The molecule has 2 aromatic heterocycles. The summed E-state index contributed by atoms with van der Waals surface area (Å²) in [7, 11) is -2.08. The molecule has 0 aliphatic rings. The van der Waals surface area contributed by atoms with Gasteiger partial charge in [0.1, 0.15) is 17.1 Å². The molecule has 1 atom stereocenters. The fourth-order valence-electron chi connectivity index (χ4n) is 2.10. The Hall–Kier alpha value is -1.64. The number of imidazole rings is 1. The summed E-state index contributed by atoms with van der Waals surface area (Å²) in [6.07, 6.45) is 2.79. The average molecular weight is 313 g/mol. The fourth-order valence-corrected chi connectivity index (χ4v) is 3.21. The lowest BCUT2D eigenvalue weighted by Crippen LogP contribution is -2.38. The predicted octanol–water partition coefficient (Wildman–Crippen LogP) is 0.816. The number of hydrogen-bond donors (Lipinski definition) is 2. The molecule has 0 aromatic carbocycles. The molecule has 2 N–H and O–H groups in total. The van der Waals surface area contributed by atoms with Crippen molar-refractivity contribution in [2.45, 2.75) is 31.4 Å². The molecule has 0 aliphatic heterocycles. The second-order valence-electron chi connectivity index (χ2n) is 5.30. The standard InChI is InChI=1S/C13H19N3O4S/c1-9-5-11(10(2)20-9)13(3,17)7-15-21(18,19)12-6-16(4)8-14-12/h5-6,8,15,17H,7H2,1-4H3. The van der Waals surface area contributed by atoms with Gasteiger partial charge in [-0.2, -0.15) is 0 Å². The van der Waals surface area contributed by atoms with E-state index in [9.17, 15) is 13.5 Å². The van der Waals surface area contributed by atoms with Crippen LogP contribution >= 0.6 is 0 Å². The van der Waals surface area contributed by atoms with E-state index in [-0.39, 0.29) is 11.6 Å². The Kier molecular flexibility index (Phi) is 3.96. The molecular weight excluding hydrogens is 294 g/mol. The fraction of sp³-hybridized carbons (Fsp3) is 0.462. The monoisotopic (exact) mass is 313 g/mol. The third kappa shape index (κ3) is 3.34. The minimum atomic E-state index is -3.76. The molecule has 8 heteroatoms. The Morgan fingerprint density at radius 1 is 1.48 bits per heavy atom. The summed E-state index contributed by atoms with van der Waals surface area (Å²) in [5, 5.41) is 10.4. The summed E-state index contributed by atoms with van der Waals surface area (Å²) in [6, 6.07) is 1.70. The van der Waals surface area contributed by atoms with E-state index in [2.05, 4.69) is 9.71 Å². The molecule has 0 saturated heterocycles. The molecule has 2 rings (SSSR count). The third-order valence-corrected chi connectivity index (χ3v) is 4.47. The Labute approximate surface area is 123 Å². The summed E-state index contributed by atoms with van der Waals surface area (Å²) < 4.78 is 33.5. The summed E-state index contributed by atoms with van der Waals surface area (Å²) in [5.41, 5.74) is -0.812. The minimum absolute atomic E-state index is 0.0825. The predicted molar refractivity (Wildman–Crippen MR) is 76.1 cm³/mol. The van der Waals surface area contributed by atoms with Crippen molar-refractivity contribution in [1.29, 1.82) is 0 Å². The van der Waals surface area contributed by atoms with Crippen molar-refractivity contribution in [3.63, 3.8) is 0 Å². The number of rotatable bonds is 5.